The average molecular weight is 262 g/mol. The first-order chi connectivity index (χ1) is 9.20. The third-order valence-electron chi connectivity index (χ3n) is 3.64. The quantitative estimate of drug-likeness (QED) is 0.871. The second kappa shape index (κ2) is 6.61. The molecule has 1 aliphatic heterocycles. The van der Waals surface area contributed by atoms with Gasteiger partial charge in [-0.25, -0.2) is 4.98 Å². The minimum atomic E-state index is -0.134. The van der Waals surface area contributed by atoms with Crippen LogP contribution in [-0.2, 0) is 0 Å². The SMILES string of the molecule is CC[C@H](CNC(=O)c1cnc(C)cn1)N1CCCC1. The number of hydrogen-bond donors (Lipinski definition) is 1. The monoisotopic (exact) mass is 262 g/mol. The smallest absolute Gasteiger partial charge is 0.271 e. The Morgan fingerprint density at radius 1 is 1.37 bits per heavy atom. The van der Waals surface area contributed by atoms with E-state index in [1.54, 1.807) is 6.20 Å². The Hall–Kier alpha value is -1.49. The number of aryl methyl sites for hydroxylation is 1. The van der Waals surface area contributed by atoms with E-state index >= 15 is 0 Å². The van der Waals surface area contributed by atoms with Gasteiger partial charge in [0, 0.05) is 18.8 Å². The largest absolute Gasteiger partial charge is 0.349 e. The van der Waals surface area contributed by atoms with E-state index in [9.17, 15) is 4.79 Å². The molecule has 1 N–H and O–H groups in total. The maximum absolute atomic E-state index is 12.0. The fourth-order valence-corrected chi connectivity index (χ4v) is 2.45. The van der Waals surface area contributed by atoms with Gasteiger partial charge in [-0.05, 0) is 39.3 Å². The van der Waals surface area contributed by atoms with E-state index in [2.05, 4.69) is 27.1 Å². The number of likely N-dealkylation sites (tertiary alicyclic amines) is 1. The molecule has 2 heterocycles. The van der Waals surface area contributed by atoms with Gasteiger partial charge in [0.15, 0.2) is 0 Å². The summed E-state index contributed by atoms with van der Waals surface area (Å²) >= 11 is 0. The lowest BCUT2D eigenvalue weighted by Crippen LogP contribution is -2.42. The molecule has 0 aromatic carbocycles. The van der Waals surface area contributed by atoms with Crippen molar-refractivity contribution in [2.75, 3.05) is 19.6 Å². The Bertz CT molecular complexity index is 412. The predicted octanol–water partition coefficient (Wildman–Crippen LogP) is 1.39. The molecule has 1 aromatic rings. The molecule has 1 aromatic heterocycles. The Morgan fingerprint density at radius 3 is 2.68 bits per heavy atom. The number of carbonyl (C=O) groups excluding carboxylic acids is 1. The van der Waals surface area contributed by atoms with Crippen molar-refractivity contribution in [1.29, 1.82) is 0 Å². The first kappa shape index (κ1) is 13.9. The highest BCUT2D eigenvalue weighted by Crippen LogP contribution is 2.13. The summed E-state index contributed by atoms with van der Waals surface area (Å²) in [6, 6.07) is 0.435. The molecule has 0 aliphatic carbocycles. The Kier molecular flexibility index (Phi) is 4.85. The second-order valence-electron chi connectivity index (χ2n) is 5.06. The maximum atomic E-state index is 12.0. The molecule has 1 aliphatic rings. The van der Waals surface area contributed by atoms with Crippen molar-refractivity contribution in [2.24, 2.45) is 0 Å². The molecule has 0 radical (unpaired) electrons. The molecule has 19 heavy (non-hydrogen) atoms. The molecule has 1 atom stereocenters. The molecule has 0 saturated carbocycles. The Labute approximate surface area is 114 Å². The van der Waals surface area contributed by atoms with Crippen molar-refractivity contribution in [3.05, 3.63) is 23.8 Å². The fraction of sp³-hybridized carbons (Fsp3) is 0.643. The Balaban J connectivity index is 1.86. The summed E-state index contributed by atoms with van der Waals surface area (Å²) in [5.74, 6) is -0.134. The van der Waals surface area contributed by atoms with Crippen LogP contribution in [0.1, 0.15) is 42.4 Å². The Morgan fingerprint density at radius 2 is 2.11 bits per heavy atom. The average Bonchev–Trinajstić information content (AvgIpc) is 2.94. The van der Waals surface area contributed by atoms with Crippen molar-refractivity contribution in [1.82, 2.24) is 20.2 Å². The molecule has 0 unspecified atom stereocenters. The summed E-state index contributed by atoms with van der Waals surface area (Å²) in [5, 5.41) is 2.96. The van der Waals surface area contributed by atoms with E-state index in [4.69, 9.17) is 0 Å². The lowest BCUT2D eigenvalue weighted by atomic mass is 10.2. The molecule has 1 amide bonds. The van der Waals surface area contributed by atoms with Crippen LogP contribution >= 0.6 is 0 Å². The second-order valence-corrected chi connectivity index (χ2v) is 5.06. The van der Waals surface area contributed by atoms with Crippen molar-refractivity contribution in [3.8, 4) is 0 Å². The van der Waals surface area contributed by atoms with Crippen LogP contribution in [0.2, 0.25) is 0 Å². The third kappa shape index (κ3) is 3.73. The standard InChI is InChI=1S/C14H22N4O/c1-3-12(18-6-4-5-7-18)9-17-14(19)13-10-15-11(2)8-16-13/h8,10,12H,3-7,9H2,1-2H3,(H,17,19)/t12-/m1/s1. The lowest BCUT2D eigenvalue weighted by molar-refractivity contribution is 0.0931. The number of hydrogen-bond acceptors (Lipinski definition) is 4. The number of nitrogens with one attached hydrogen (secondary N) is 1. The highest BCUT2D eigenvalue weighted by atomic mass is 16.1. The van der Waals surface area contributed by atoms with E-state index in [-0.39, 0.29) is 5.91 Å². The minimum Gasteiger partial charge on any atom is -0.349 e. The molecule has 104 valence electrons. The number of aromatic nitrogens is 2. The van der Waals surface area contributed by atoms with Crippen LogP contribution in [0.15, 0.2) is 12.4 Å². The molecule has 5 nitrogen and oxygen atoms in total. The van der Waals surface area contributed by atoms with Crippen LogP contribution < -0.4 is 5.32 Å². The summed E-state index contributed by atoms with van der Waals surface area (Å²) in [6.07, 6.45) is 6.75. The van der Waals surface area contributed by atoms with Crippen LogP contribution in [-0.4, -0.2) is 46.5 Å². The van der Waals surface area contributed by atoms with Gasteiger partial charge in [0.2, 0.25) is 0 Å². The molecule has 2 rings (SSSR count). The molecule has 5 heteroatoms. The summed E-state index contributed by atoms with van der Waals surface area (Å²) in [6.45, 7) is 7.01. The van der Waals surface area contributed by atoms with Crippen LogP contribution in [0.25, 0.3) is 0 Å². The van der Waals surface area contributed by atoms with Crippen LogP contribution in [0.3, 0.4) is 0 Å². The zero-order chi connectivity index (χ0) is 13.7. The van der Waals surface area contributed by atoms with E-state index in [0.29, 0.717) is 18.3 Å². The van der Waals surface area contributed by atoms with Gasteiger partial charge in [-0.2, -0.15) is 0 Å². The fourth-order valence-electron chi connectivity index (χ4n) is 2.45. The maximum Gasteiger partial charge on any atom is 0.271 e. The number of amides is 1. The van der Waals surface area contributed by atoms with Gasteiger partial charge < -0.3 is 5.32 Å². The zero-order valence-electron chi connectivity index (χ0n) is 11.7. The topological polar surface area (TPSA) is 58.1 Å². The van der Waals surface area contributed by atoms with E-state index in [1.807, 2.05) is 6.92 Å². The van der Waals surface area contributed by atoms with E-state index < -0.39 is 0 Å². The van der Waals surface area contributed by atoms with Crippen molar-refractivity contribution < 1.29 is 4.79 Å². The normalized spacial score (nSPS) is 17.4. The van der Waals surface area contributed by atoms with Crippen LogP contribution in [0.5, 0.6) is 0 Å². The molecule has 1 fully saturated rings. The number of nitrogens with zero attached hydrogens (tertiary/aromatic N) is 3. The number of rotatable bonds is 5. The molecular weight excluding hydrogens is 240 g/mol. The highest BCUT2D eigenvalue weighted by molar-refractivity contribution is 5.91. The summed E-state index contributed by atoms with van der Waals surface area (Å²) < 4.78 is 0. The van der Waals surface area contributed by atoms with Gasteiger partial charge >= 0.3 is 0 Å². The van der Waals surface area contributed by atoms with Gasteiger partial charge in [0.25, 0.3) is 5.91 Å². The minimum absolute atomic E-state index is 0.134. The lowest BCUT2D eigenvalue weighted by Gasteiger charge is -2.26. The molecule has 1 saturated heterocycles. The van der Waals surface area contributed by atoms with E-state index in [1.165, 1.54) is 19.0 Å². The zero-order valence-corrected chi connectivity index (χ0v) is 11.7. The van der Waals surface area contributed by atoms with Gasteiger partial charge in [-0.3, -0.25) is 14.7 Å². The number of carbonyl (C=O) groups is 1. The summed E-state index contributed by atoms with van der Waals surface area (Å²) in [5.41, 5.74) is 1.21. The highest BCUT2D eigenvalue weighted by Gasteiger charge is 2.21. The van der Waals surface area contributed by atoms with Gasteiger partial charge in [-0.15, -0.1) is 0 Å². The van der Waals surface area contributed by atoms with Gasteiger partial charge in [0.05, 0.1) is 11.9 Å². The van der Waals surface area contributed by atoms with Gasteiger partial charge in [0.1, 0.15) is 5.69 Å². The van der Waals surface area contributed by atoms with Crippen LogP contribution in [0.4, 0.5) is 0 Å². The molecule has 0 spiro atoms. The summed E-state index contributed by atoms with van der Waals surface area (Å²) in [4.78, 5) is 22.6. The third-order valence-corrected chi connectivity index (χ3v) is 3.64. The van der Waals surface area contributed by atoms with Crippen molar-refractivity contribution >= 4 is 5.91 Å². The first-order valence-electron chi connectivity index (χ1n) is 7.01. The van der Waals surface area contributed by atoms with Crippen molar-refractivity contribution in [3.63, 3.8) is 0 Å². The van der Waals surface area contributed by atoms with Crippen LogP contribution in [0, 0.1) is 6.92 Å². The summed E-state index contributed by atoms with van der Waals surface area (Å²) in [7, 11) is 0. The van der Waals surface area contributed by atoms with Crippen molar-refractivity contribution in [2.45, 2.75) is 39.2 Å². The molecule has 0 bridgehead atoms. The predicted molar refractivity (Wildman–Crippen MR) is 74.0 cm³/mol. The molecular formula is C14H22N4O. The van der Waals surface area contributed by atoms with Gasteiger partial charge in [-0.1, -0.05) is 6.92 Å². The first-order valence-corrected chi connectivity index (χ1v) is 7.01. The van der Waals surface area contributed by atoms with E-state index in [0.717, 1.165) is 25.2 Å².